The van der Waals surface area contributed by atoms with Gasteiger partial charge in [0.05, 0.1) is 22.6 Å². The van der Waals surface area contributed by atoms with Crippen LogP contribution in [0.1, 0.15) is 16.1 Å². The Kier molecular flexibility index (Phi) is 6.58. The minimum Gasteiger partial charge on any atom is -0.482 e. The summed E-state index contributed by atoms with van der Waals surface area (Å²) in [6.45, 7) is -0.537. The number of rotatable bonds is 7. The molecule has 11 heteroatoms. The van der Waals surface area contributed by atoms with Gasteiger partial charge in [0.15, 0.2) is 13.2 Å². The molecule has 8 nitrogen and oxygen atoms in total. The highest BCUT2D eigenvalue weighted by atomic mass is 19.3. The number of alkyl halides is 2. The molecule has 2 aromatic heterocycles. The number of halogens is 3. The van der Waals surface area contributed by atoms with Crippen LogP contribution in [0.15, 0.2) is 67.0 Å². The number of hydrogen-bond acceptors (Lipinski definition) is 6. The number of benzene rings is 2. The van der Waals surface area contributed by atoms with Crippen molar-refractivity contribution in [3.8, 4) is 28.1 Å². The summed E-state index contributed by atoms with van der Waals surface area (Å²) in [4.78, 5) is 27.7. The van der Waals surface area contributed by atoms with Gasteiger partial charge < -0.3 is 14.8 Å². The number of nitrogens with zero attached hydrogens (tertiary/aromatic N) is 3. The molecule has 38 heavy (non-hydrogen) atoms. The Hall–Kier alpha value is -4.67. The summed E-state index contributed by atoms with van der Waals surface area (Å²) < 4.78 is 55.2. The third-order valence-corrected chi connectivity index (χ3v) is 5.84. The maximum Gasteiger partial charge on any atom is 0.339 e. The molecule has 0 bridgehead atoms. The third-order valence-electron chi connectivity index (χ3n) is 5.84. The van der Waals surface area contributed by atoms with Crippen molar-refractivity contribution in [2.75, 3.05) is 18.5 Å². The average Bonchev–Trinajstić information content (AvgIpc) is 3.22. The number of aromatic nitrogens is 3. The number of carbonyl (C=O) groups excluding carboxylic acids is 2. The monoisotopic (exact) mass is 522 g/mol. The van der Waals surface area contributed by atoms with E-state index in [4.69, 9.17) is 9.47 Å². The van der Waals surface area contributed by atoms with Crippen LogP contribution in [-0.2, 0) is 16.1 Å². The van der Waals surface area contributed by atoms with Crippen LogP contribution in [0.3, 0.4) is 0 Å². The Morgan fingerprint density at radius 2 is 1.92 bits per heavy atom. The van der Waals surface area contributed by atoms with Gasteiger partial charge in [0.25, 0.3) is 5.91 Å². The van der Waals surface area contributed by atoms with Crippen LogP contribution < -0.4 is 10.1 Å². The van der Waals surface area contributed by atoms with Gasteiger partial charge in [-0.1, -0.05) is 6.07 Å². The predicted octanol–water partition coefficient (Wildman–Crippen LogP) is 4.88. The van der Waals surface area contributed by atoms with Crippen LogP contribution in [0.4, 0.5) is 18.9 Å². The summed E-state index contributed by atoms with van der Waals surface area (Å²) in [5.74, 6) is -4.74. The van der Waals surface area contributed by atoms with Gasteiger partial charge in [0, 0.05) is 23.5 Å². The smallest absolute Gasteiger partial charge is 0.339 e. The molecule has 0 spiro atoms. The lowest BCUT2D eigenvalue weighted by Crippen LogP contribution is -2.32. The number of aryl methyl sites for hydroxylation is 1. The summed E-state index contributed by atoms with van der Waals surface area (Å²) in [6, 6.07) is 13.4. The van der Waals surface area contributed by atoms with Crippen LogP contribution in [0.5, 0.6) is 5.75 Å². The van der Waals surface area contributed by atoms with Crippen LogP contribution in [0.25, 0.3) is 22.4 Å². The first-order valence-electron chi connectivity index (χ1n) is 11.6. The quantitative estimate of drug-likeness (QED) is 0.348. The molecule has 5 rings (SSSR count). The summed E-state index contributed by atoms with van der Waals surface area (Å²) in [5, 5.41) is 7.09. The Morgan fingerprint density at radius 1 is 1.16 bits per heavy atom. The average molecular weight is 522 g/mol. The molecule has 1 amide bonds. The van der Waals surface area contributed by atoms with Crippen molar-refractivity contribution in [1.82, 2.24) is 14.8 Å². The zero-order valence-electron chi connectivity index (χ0n) is 20.1. The number of anilines is 1. The van der Waals surface area contributed by atoms with E-state index >= 15 is 8.78 Å². The molecule has 0 aliphatic carbocycles. The molecule has 3 heterocycles. The molecule has 0 saturated heterocycles. The number of fused-ring (bicyclic) bond motifs is 1. The number of carbonyl (C=O) groups is 2. The van der Waals surface area contributed by atoms with E-state index in [-0.39, 0.29) is 18.1 Å². The molecule has 2 aromatic carbocycles. The highest BCUT2D eigenvalue weighted by Gasteiger charge is 2.35. The van der Waals surface area contributed by atoms with Crippen molar-refractivity contribution in [1.29, 1.82) is 0 Å². The normalized spacial score (nSPS) is 12.9. The van der Waals surface area contributed by atoms with Crippen molar-refractivity contribution in [3.63, 3.8) is 0 Å². The maximum absolute atomic E-state index is 15.1. The van der Waals surface area contributed by atoms with Crippen LogP contribution in [0, 0.1) is 12.7 Å². The highest BCUT2D eigenvalue weighted by molar-refractivity contribution is 5.97. The summed E-state index contributed by atoms with van der Waals surface area (Å²) in [5.41, 5.74) is 2.77. The van der Waals surface area contributed by atoms with E-state index in [2.05, 4.69) is 15.4 Å². The molecule has 1 aliphatic rings. The lowest BCUT2D eigenvalue weighted by atomic mass is 9.98. The number of hydrogen-bond donors (Lipinski definition) is 1. The number of esters is 1. The molecular formula is C27H21F3N4O4. The van der Waals surface area contributed by atoms with Gasteiger partial charge in [-0.3, -0.25) is 14.5 Å². The van der Waals surface area contributed by atoms with Gasteiger partial charge >= 0.3 is 11.9 Å². The molecule has 1 N–H and O–H groups in total. The largest absolute Gasteiger partial charge is 0.482 e. The van der Waals surface area contributed by atoms with Crippen molar-refractivity contribution in [2.45, 2.75) is 19.4 Å². The molecule has 0 atom stereocenters. The van der Waals surface area contributed by atoms with E-state index in [9.17, 15) is 14.0 Å². The first-order valence-corrected chi connectivity index (χ1v) is 11.6. The number of ether oxygens (including phenoxy) is 2. The number of pyridine rings is 1. The fourth-order valence-electron chi connectivity index (χ4n) is 4.18. The second-order valence-electron chi connectivity index (χ2n) is 8.70. The Bertz CT molecular complexity index is 1510. The number of amides is 1. The van der Waals surface area contributed by atoms with Crippen molar-refractivity contribution < 1.29 is 32.2 Å². The lowest BCUT2D eigenvalue weighted by Gasteiger charge is -2.20. The molecule has 0 fully saturated rings. The third kappa shape index (κ3) is 5.22. The predicted molar refractivity (Wildman–Crippen MR) is 131 cm³/mol. The Morgan fingerprint density at radius 3 is 2.66 bits per heavy atom. The van der Waals surface area contributed by atoms with Gasteiger partial charge in [-0.05, 0) is 61.0 Å². The first-order chi connectivity index (χ1) is 18.2. The van der Waals surface area contributed by atoms with Crippen molar-refractivity contribution in [3.05, 3.63) is 84.1 Å². The molecular weight excluding hydrogens is 501 g/mol. The standard InChI is InChI=1S/C27H21F3N4O4/c1-16-24(18-6-9-22-21(11-18)32-23(35)13-37-22)25(17-4-7-20(28)8-5-17)34(33-16)14-27(29,30)15-38-26(36)19-3-2-10-31-12-19/h2-12H,13-15H2,1H3,(H,32,35). The Labute approximate surface area is 215 Å². The van der Waals surface area contributed by atoms with Gasteiger partial charge in [-0.2, -0.15) is 5.10 Å². The fourth-order valence-corrected chi connectivity index (χ4v) is 4.18. The molecule has 4 aromatic rings. The zero-order valence-corrected chi connectivity index (χ0v) is 20.1. The van der Waals surface area contributed by atoms with E-state index in [0.717, 1.165) is 4.68 Å². The highest BCUT2D eigenvalue weighted by Crippen LogP contribution is 2.40. The molecule has 1 aliphatic heterocycles. The van der Waals surface area contributed by atoms with Crippen LogP contribution in [0.2, 0.25) is 0 Å². The maximum atomic E-state index is 15.1. The molecule has 0 radical (unpaired) electrons. The van der Waals surface area contributed by atoms with E-state index in [1.807, 2.05) is 0 Å². The molecule has 0 saturated carbocycles. The summed E-state index contributed by atoms with van der Waals surface area (Å²) >= 11 is 0. The summed E-state index contributed by atoms with van der Waals surface area (Å²) in [6.07, 6.45) is 2.67. The lowest BCUT2D eigenvalue weighted by molar-refractivity contribution is -0.118. The first kappa shape index (κ1) is 25.0. The van der Waals surface area contributed by atoms with Gasteiger partial charge in [-0.15, -0.1) is 0 Å². The fraction of sp³-hybridized carbons (Fsp3) is 0.185. The van der Waals surface area contributed by atoms with Gasteiger partial charge in [-0.25, -0.2) is 18.0 Å². The topological polar surface area (TPSA) is 95.3 Å². The van der Waals surface area contributed by atoms with Gasteiger partial charge in [0.2, 0.25) is 0 Å². The zero-order chi connectivity index (χ0) is 26.9. The van der Waals surface area contributed by atoms with Crippen LogP contribution in [-0.4, -0.2) is 45.8 Å². The van der Waals surface area contributed by atoms with E-state index < -0.39 is 30.9 Å². The van der Waals surface area contributed by atoms with Crippen molar-refractivity contribution in [2.24, 2.45) is 0 Å². The van der Waals surface area contributed by atoms with E-state index in [1.165, 1.54) is 48.8 Å². The van der Waals surface area contributed by atoms with Gasteiger partial charge in [0.1, 0.15) is 18.1 Å². The van der Waals surface area contributed by atoms with Crippen molar-refractivity contribution >= 4 is 17.6 Å². The minimum absolute atomic E-state index is 0.0519. The minimum atomic E-state index is -3.49. The molecule has 194 valence electrons. The SMILES string of the molecule is Cc1nn(CC(F)(F)COC(=O)c2cccnc2)c(-c2ccc(F)cc2)c1-c1ccc2c(c1)NC(=O)CO2. The Balaban J connectivity index is 1.50. The van der Waals surface area contributed by atoms with E-state index in [0.29, 0.717) is 39.5 Å². The second kappa shape index (κ2) is 10.0. The summed E-state index contributed by atoms with van der Waals surface area (Å²) in [7, 11) is 0. The molecule has 0 unspecified atom stereocenters. The second-order valence-corrected chi connectivity index (χ2v) is 8.70. The number of nitrogens with one attached hydrogen (secondary N) is 1. The van der Waals surface area contributed by atoms with Crippen LogP contribution >= 0.6 is 0 Å². The van der Waals surface area contributed by atoms with E-state index in [1.54, 1.807) is 25.1 Å².